The molecule has 4 heteroatoms. The van der Waals surface area contributed by atoms with Gasteiger partial charge in [-0.25, -0.2) is 15.0 Å². The first-order chi connectivity index (χ1) is 16.1. The Hall–Kier alpha value is -3.30. The number of fused-ring (bicyclic) bond motifs is 1. The Kier molecular flexibility index (Phi) is 4.88. The van der Waals surface area contributed by atoms with Crippen LogP contribution in [0.4, 0.5) is 0 Å². The van der Waals surface area contributed by atoms with Gasteiger partial charge in [-0.05, 0) is 48.8 Å². The fourth-order valence-corrected chi connectivity index (χ4v) is 5.18. The van der Waals surface area contributed by atoms with E-state index < -0.39 is 0 Å². The van der Waals surface area contributed by atoms with Crippen LogP contribution in [0.15, 0.2) is 97.1 Å². The molecule has 3 aliphatic carbocycles. The second-order valence-electron chi connectivity index (χ2n) is 9.30. The second kappa shape index (κ2) is 7.93. The van der Waals surface area contributed by atoms with Crippen LogP contribution in [0.3, 0.4) is 0 Å². The molecule has 3 nitrogen and oxygen atoms in total. The highest BCUT2D eigenvalue weighted by molar-refractivity contribution is 6.30. The van der Waals surface area contributed by atoms with Gasteiger partial charge in [0.15, 0.2) is 11.6 Å². The van der Waals surface area contributed by atoms with Gasteiger partial charge in [-0.15, -0.1) is 0 Å². The molecule has 1 fully saturated rings. The zero-order chi connectivity index (χ0) is 22.4. The number of nitrogens with zero attached hydrogens (tertiary/aromatic N) is 3. The third-order valence-electron chi connectivity index (χ3n) is 6.93. The van der Waals surface area contributed by atoms with Gasteiger partial charge < -0.3 is 0 Å². The summed E-state index contributed by atoms with van der Waals surface area (Å²) in [6.45, 7) is 2.19. The van der Waals surface area contributed by atoms with E-state index in [2.05, 4.69) is 73.7 Å². The summed E-state index contributed by atoms with van der Waals surface area (Å²) in [6, 6.07) is 18.4. The minimum absolute atomic E-state index is 0.250. The summed E-state index contributed by atoms with van der Waals surface area (Å²) in [4.78, 5) is 14.8. The molecule has 3 aliphatic rings. The van der Waals surface area contributed by atoms with E-state index in [1.807, 2.05) is 30.3 Å². The van der Waals surface area contributed by atoms with Crippen LogP contribution in [-0.4, -0.2) is 15.0 Å². The Morgan fingerprint density at radius 1 is 0.909 bits per heavy atom. The van der Waals surface area contributed by atoms with Gasteiger partial charge in [0, 0.05) is 21.6 Å². The third-order valence-corrected chi connectivity index (χ3v) is 7.16. The molecule has 0 radical (unpaired) electrons. The Bertz CT molecular complexity index is 1340. The first kappa shape index (κ1) is 20.3. The lowest BCUT2D eigenvalue weighted by atomic mass is 9.83. The molecular formula is C29H24ClN3. The van der Waals surface area contributed by atoms with Gasteiger partial charge in [-0.2, -0.15) is 0 Å². The van der Waals surface area contributed by atoms with Crippen LogP contribution in [0.2, 0.25) is 5.02 Å². The first-order valence-electron chi connectivity index (χ1n) is 11.4. The van der Waals surface area contributed by atoms with E-state index in [0.29, 0.717) is 17.8 Å². The summed E-state index contributed by atoms with van der Waals surface area (Å²) in [7, 11) is 0. The molecule has 1 saturated carbocycles. The van der Waals surface area contributed by atoms with E-state index in [-0.39, 0.29) is 5.41 Å². The Morgan fingerprint density at radius 3 is 2.55 bits per heavy atom. The van der Waals surface area contributed by atoms with Crippen LogP contribution in [-0.2, 0) is 5.41 Å². The zero-order valence-corrected chi connectivity index (χ0v) is 19.2. The Balaban J connectivity index is 1.40. The minimum Gasteiger partial charge on any atom is -0.212 e. The summed E-state index contributed by atoms with van der Waals surface area (Å²) in [5.41, 5.74) is 3.12. The van der Waals surface area contributed by atoms with Crippen molar-refractivity contribution < 1.29 is 0 Å². The highest BCUT2D eigenvalue weighted by atomic mass is 35.5. The minimum atomic E-state index is -0.250. The van der Waals surface area contributed by atoms with Crippen LogP contribution in [0.1, 0.15) is 36.5 Å². The lowest BCUT2D eigenvalue weighted by Crippen LogP contribution is -2.24. The van der Waals surface area contributed by atoms with E-state index in [4.69, 9.17) is 26.6 Å². The Morgan fingerprint density at radius 2 is 1.76 bits per heavy atom. The highest BCUT2D eigenvalue weighted by Gasteiger charge is 2.49. The van der Waals surface area contributed by atoms with Gasteiger partial charge in [-0.3, -0.25) is 0 Å². The van der Waals surface area contributed by atoms with Gasteiger partial charge in [0.1, 0.15) is 5.82 Å². The number of benzene rings is 2. The van der Waals surface area contributed by atoms with E-state index in [0.717, 1.165) is 40.1 Å². The molecule has 1 heterocycles. The summed E-state index contributed by atoms with van der Waals surface area (Å²) in [6.07, 6.45) is 16.2. The van der Waals surface area contributed by atoms with E-state index in [9.17, 15) is 0 Å². The molecule has 0 saturated heterocycles. The predicted molar refractivity (Wildman–Crippen MR) is 134 cm³/mol. The average Bonchev–Trinajstić information content (AvgIpc) is 3.58. The molecule has 1 aromatic heterocycles. The predicted octanol–water partition coefficient (Wildman–Crippen LogP) is 6.95. The molecule has 2 unspecified atom stereocenters. The van der Waals surface area contributed by atoms with Gasteiger partial charge in [0.25, 0.3) is 0 Å². The molecule has 2 aromatic carbocycles. The number of hydrogen-bond donors (Lipinski definition) is 0. The SMILES string of the molecule is C[C@@]1(c2nc(C3=C[C@@H]4C(C=C3)C4c3cccc(Cl)c3)nc(-c3ccccc3)n2)C=CC=CC1. The summed E-state index contributed by atoms with van der Waals surface area (Å²) < 4.78 is 0. The van der Waals surface area contributed by atoms with Crippen LogP contribution < -0.4 is 0 Å². The molecule has 4 atom stereocenters. The second-order valence-corrected chi connectivity index (χ2v) is 9.73. The molecule has 162 valence electrons. The van der Waals surface area contributed by atoms with Crippen LogP contribution in [0, 0.1) is 11.8 Å². The summed E-state index contributed by atoms with van der Waals surface area (Å²) >= 11 is 6.25. The number of allylic oxidation sites excluding steroid dienone is 8. The molecule has 6 rings (SSSR count). The van der Waals surface area contributed by atoms with Crippen molar-refractivity contribution in [2.75, 3.05) is 0 Å². The number of halogens is 1. The van der Waals surface area contributed by atoms with Crippen molar-refractivity contribution >= 4 is 17.2 Å². The highest BCUT2D eigenvalue weighted by Crippen LogP contribution is 2.58. The molecule has 33 heavy (non-hydrogen) atoms. The molecule has 3 aromatic rings. The van der Waals surface area contributed by atoms with Crippen LogP contribution >= 0.6 is 11.6 Å². The van der Waals surface area contributed by atoms with Crippen molar-refractivity contribution in [1.82, 2.24) is 15.0 Å². The van der Waals surface area contributed by atoms with Gasteiger partial charge in [0.2, 0.25) is 0 Å². The largest absolute Gasteiger partial charge is 0.212 e. The quantitative estimate of drug-likeness (QED) is 0.432. The van der Waals surface area contributed by atoms with Crippen molar-refractivity contribution in [2.45, 2.75) is 24.7 Å². The molecule has 0 N–H and O–H groups in total. The number of aromatic nitrogens is 3. The smallest absolute Gasteiger partial charge is 0.163 e. The van der Waals surface area contributed by atoms with E-state index >= 15 is 0 Å². The van der Waals surface area contributed by atoms with Crippen molar-refractivity contribution in [3.05, 3.63) is 119 Å². The fraction of sp³-hybridized carbons (Fsp3) is 0.207. The molecular weight excluding hydrogens is 426 g/mol. The van der Waals surface area contributed by atoms with Gasteiger partial charge in [-0.1, -0.05) is 96.6 Å². The Labute approximate surface area is 199 Å². The van der Waals surface area contributed by atoms with Crippen molar-refractivity contribution in [3.63, 3.8) is 0 Å². The average molecular weight is 450 g/mol. The van der Waals surface area contributed by atoms with Crippen molar-refractivity contribution in [1.29, 1.82) is 0 Å². The normalized spacial score (nSPS) is 27.2. The molecule has 0 bridgehead atoms. The lowest BCUT2D eigenvalue weighted by molar-refractivity contribution is 0.552. The zero-order valence-electron chi connectivity index (χ0n) is 18.4. The van der Waals surface area contributed by atoms with Crippen molar-refractivity contribution in [2.24, 2.45) is 11.8 Å². The molecule has 0 aliphatic heterocycles. The maximum absolute atomic E-state index is 6.25. The number of hydrogen-bond acceptors (Lipinski definition) is 3. The van der Waals surface area contributed by atoms with Gasteiger partial charge >= 0.3 is 0 Å². The third kappa shape index (κ3) is 3.77. The fourth-order valence-electron chi connectivity index (χ4n) is 4.98. The lowest BCUT2D eigenvalue weighted by Gasteiger charge is -2.25. The van der Waals surface area contributed by atoms with Crippen molar-refractivity contribution in [3.8, 4) is 11.4 Å². The van der Waals surface area contributed by atoms with E-state index in [1.54, 1.807) is 0 Å². The van der Waals surface area contributed by atoms with Crippen LogP contribution in [0.25, 0.3) is 17.0 Å². The van der Waals surface area contributed by atoms with Crippen LogP contribution in [0.5, 0.6) is 0 Å². The summed E-state index contributed by atoms with van der Waals surface area (Å²) in [5, 5.41) is 0.793. The standard InChI is InChI=1S/C29H24ClN3/c1-29(15-6-3-7-16-29)28-32-26(19-9-4-2-5-10-19)31-27(33-28)21-13-14-23-24(18-21)25(23)20-11-8-12-22(30)17-20/h2-15,17-18,23-25H,16H2,1H3/t23?,24-,25?,29-/m1/s1. The molecule has 0 amide bonds. The monoisotopic (exact) mass is 449 g/mol. The maximum atomic E-state index is 6.25. The summed E-state index contributed by atoms with van der Waals surface area (Å²) in [5.74, 6) is 3.72. The number of rotatable bonds is 4. The topological polar surface area (TPSA) is 38.7 Å². The van der Waals surface area contributed by atoms with E-state index in [1.165, 1.54) is 5.56 Å². The molecule has 0 spiro atoms. The first-order valence-corrected chi connectivity index (χ1v) is 11.8. The maximum Gasteiger partial charge on any atom is 0.163 e. The van der Waals surface area contributed by atoms with Gasteiger partial charge in [0.05, 0.1) is 0 Å².